The maximum Gasteiger partial charge on any atom is 0.132 e. The summed E-state index contributed by atoms with van der Waals surface area (Å²) in [5.41, 5.74) is 5.62. The molecule has 78 valence electrons. The van der Waals surface area contributed by atoms with Crippen molar-refractivity contribution in [3.05, 3.63) is 11.9 Å². The molecule has 1 aromatic heterocycles. The van der Waals surface area contributed by atoms with E-state index in [0.29, 0.717) is 23.6 Å². The molecule has 0 radical (unpaired) electrons. The molecule has 0 aliphatic heterocycles. The fraction of sp³-hybridized carbons (Fsp3) is 0.600. The summed E-state index contributed by atoms with van der Waals surface area (Å²) in [7, 11) is 0. The molecular weight excluding hydrogens is 176 g/mol. The van der Waals surface area contributed by atoms with Gasteiger partial charge in [0.2, 0.25) is 0 Å². The van der Waals surface area contributed by atoms with E-state index >= 15 is 0 Å². The number of hydrogen-bond donors (Lipinski definition) is 2. The van der Waals surface area contributed by atoms with Gasteiger partial charge >= 0.3 is 0 Å². The second-order valence-electron chi connectivity index (χ2n) is 3.90. The Labute approximate surface area is 85.0 Å². The van der Waals surface area contributed by atoms with Gasteiger partial charge in [0.25, 0.3) is 0 Å². The van der Waals surface area contributed by atoms with E-state index in [1.807, 2.05) is 6.92 Å². The van der Waals surface area contributed by atoms with Crippen LogP contribution in [0.25, 0.3) is 0 Å². The zero-order chi connectivity index (χ0) is 10.7. The third-order valence-corrected chi connectivity index (χ3v) is 2.23. The minimum Gasteiger partial charge on any atom is -0.384 e. The molecule has 0 saturated heterocycles. The lowest BCUT2D eigenvalue weighted by Gasteiger charge is -2.18. The molecule has 1 aromatic rings. The molecule has 0 fully saturated rings. The van der Waals surface area contributed by atoms with Gasteiger partial charge in [0.15, 0.2) is 0 Å². The van der Waals surface area contributed by atoms with E-state index < -0.39 is 0 Å². The number of aryl methyl sites for hydroxylation is 1. The molecule has 4 nitrogen and oxygen atoms in total. The van der Waals surface area contributed by atoms with Gasteiger partial charge in [-0.15, -0.1) is 0 Å². The van der Waals surface area contributed by atoms with Gasteiger partial charge < -0.3 is 11.1 Å². The first-order chi connectivity index (χ1) is 6.49. The first kappa shape index (κ1) is 10.8. The van der Waals surface area contributed by atoms with Crippen molar-refractivity contribution in [1.29, 1.82) is 0 Å². The Morgan fingerprint density at radius 3 is 2.43 bits per heavy atom. The molecule has 0 aromatic carbocycles. The molecule has 3 N–H and O–H groups in total. The number of hydrogen-bond acceptors (Lipinski definition) is 4. The van der Waals surface area contributed by atoms with E-state index in [1.54, 1.807) is 6.07 Å². The number of nitrogen functional groups attached to an aromatic ring is 1. The fourth-order valence-corrected chi connectivity index (χ4v) is 1.06. The van der Waals surface area contributed by atoms with Crippen LogP contribution in [0.2, 0.25) is 0 Å². The van der Waals surface area contributed by atoms with Gasteiger partial charge in [0.1, 0.15) is 17.5 Å². The molecule has 1 heterocycles. The highest BCUT2D eigenvalue weighted by molar-refractivity contribution is 5.45. The number of nitrogens with zero attached hydrogens (tertiary/aromatic N) is 2. The van der Waals surface area contributed by atoms with Gasteiger partial charge in [-0.2, -0.15) is 0 Å². The van der Waals surface area contributed by atoms with E-state index in [4.69, 9.17) is 5.73 Å². The lowest BCUT2D eigenvalue weighted by atomic mass is 10.1. The Bertz CT molecular complexity index is 289. The quantitative estimate of drug-likeness (QED) is 0.770. The van der Waals surface area contributed by atoms with Crippen LogP contribution in [0.4, 0.5) is 11.6 Å². The Morgan fingerprint density at radius 2 is 1.93 bits per heavy atom. The standard InChI is InChI=1S/C10H18N4/c1-6(2)7(3)12-10-5-9(11)13-8(4)14-10/h5-7H,1-4H3,(H3,11,12,13,14). The Balaban J connectivity index is 2.76. The van der Waals surface area contributed by atoms with Crippen LogP contribution < -0.4 is 11.1 Å². The summed E-state index contributed by atoms with van der Waals surface area (Å²) in [4.78, 5) is 8.27. The van der Waals surface area contributed by atoms with Crippen LogP contribution in [-0.4, -0.2) is 16.0 Å². The average molecular weight is 194 g/mol. The lowest BCUT2D eigenvalue weighted by molar-refractivity contribution is 0.558. The fourth-order valence-electron chi connectivity index (χ4n) is 1.06. The topological polar surface area (TPSA) is 63.8 Å². The molecular formula is C10H18N4. The van der Waals surface area contributed by atoms with Crippen LogP contribution in [-0.2, 0) is 0 Å². The second-order valence-corrected chi connectivity index (χ2v) is 3.90. The lowest BCUT2D eigenvalue weighted by Crippen LogP contribution is -2.22. The first-order valence-electron chi connectivity index (χ1n) is 4.86. The second kappa shape index (κ2) is 4.26. The summed E-state index contributed by atoms with van der Waals surface area (Å²) in [6.45, 7) is 8.28. The summed E-state index contributed by atoms with van der Waals surface area (Å²) < 4.78 is 0. The van der Waals surface area contributed by atoms with E-state index in [2.05, 4.69) is 36.1 Å². The molecule has 1 unspecified atom stereocenters. The zero-order valence-corrected chi connectivity index (χ0v) is 9.20. The summed E-state index contributed by atoms with van der Waals surface area (Å²) >= 11 is 0. The van der Waals surface area contributed by atoms with Crippen LogP contribution in [0.1, 0.15) is 26.6 Å². The Morgan fingerprint density at radius 1 is 1.29 bits per heavy atom. The monoisotopic (exact) mass is 194 g/mol. The van der Waals surface area contributed by atoms with E-state index in [1.165, 1.54) is 0 Å². The summed E-state index contributed by atoms with van der Waals surface area (Å²) in [5, 5.41) is 3.29. The number of nitrogens with one attached hydrogen (secondary N) is 1. The molecule has 0 saturated carbocycles. The van der Waals surface area contributed by atoms with Gasteiger partial charge in [0.05, 0.1) is 0 Å². The molecule has 0 bridgehead atoms. The van der Waals surface area contributed by atoms with Crippen LogP contribution >= 0.6 is 0 Å². The van der Waals surface area contributed by atoms with Crippen molar-refractivity contribution in [2.75, 3.05) is 11.1 Å². The van der Waals surface area contributed by atoms with Crippen molar-refractivity contribution in [2.24, 2.45) is 5.92 Å². The van der Waals surface area contributed by atoms with Crippen LogP contribution in [0.3, 0.4) is 0 Å². The minimum atomic E-state index is 0.378. The molecule has 0 spiro atoms. The van der Waals surface area contributed by atoms with Crippen molar-refractivity contribution < 1.29 is 0 Å². The van der Waals surface area contributed by atoms with Crippen molar-refractivity contribution in [3.8, 4) is 0 Å². The number of anilines is 2. The maximum atomic E-state index is 5.62. The first-order valence-corrected chi connectivity index (χ1v) is 4.86. The van der Waals surface area contributed by atoms with Gasteiger partial charge in [-0.3, -0.25) is 0 Å². The average Bonchev–Trinajstić information content (AvgIpc) is 2.01. The predicted molar refractivity (Wildman–Crippen MR) is 59.1 cm³/mol. The van der Waals surface area contributed by atoms with Gasteiger partial charge in [-0.1, -0.05) is 13.8 Å². The number of rotatable bonds is 3. The van der Waals surface area contributed by atoms with E-state index in [0.717, 1.165) is 5.82 Å². The predicted octanol–water partition coefficient (Wildman–Crippen LogP) is 1.82. The summed E-state index contributed by atoms with van der Waals surface area (Å²) in [6, 6.07) is 2.13. The van der Waals surface area contributed by atoms with E-state index in [-0.39, 0.29) is 0 Å². The Hall–Kier alpha value is -1.32. The number of nitrogens with two attached hydrogens (primary N) is 1. The summed E-state index contributed by atoms with van der Waals surface area (Å²) in [6.07, 6.45) is 0. The largest absolute Gasteiger partial charge is 0.384 e. The molecule has 14 heavy (non-hydrogen) atoms. The molecule has 1 atom stereocenters. The van der Waals surface area contributed by atoms with Gasteiger partial charge in [-0.25, -0.2) is 9.97 Å². The third-order valence-electron chi connectivity index (χ3n) is 2.23. The molecule has 0 aliphatic carbocycles. The highest BCUT2D eigenvalue weighted by Gasteiger charge is 2.07. The normalized spacial score (nSPS) is 12.9. The van der Waals surface area contributed by atoms with Crippen LogP contribution in [0.15, 0.2) is 6.07 Å². The van der Waals surface area contributed by atoms with Crippen molar-refractivity contribution in [2.45, 2.75) is 33.7 Å². The minimum absolute atomic E-state index is 0.378. The molecule has 0 aliphatic rings. The SMILES string of the molecule is Cc1nc(N)cc(NC(C)C(C)C)n1. The van der Waals surface area contributed by atoms with Gasteiger partial charge in [0, 0.05) is 12.1 Å². The smallest absolute Gasteiger partial charge is 0.132 e. The van der Waals surface area contributed by atoms with E-state index in [9.17, 15) is 0 Å². The molecule has 4 heteroatoms. The Kier molecular flexibility index (Phi) is 3.28. The molecule has 0 amide bonds. The van der Waals surface area contributed by atoms with Crippen molar-refractivity contribution in [1.82, 2.24) is 9.97 Å². The van der Waals surface area contributed by atoms with Crippen LogP contribution in [0, 0.1) is 12.8 Å². The zero-order valence-electron chi connectivity index (χ0n) is 9.20. The highest BCUT2D eigenvalue weighted by atomic mass is 15.1. The van der Waals surface area contributed by atoms with Crippen molar-refractivity contribution >= 4 is 11.6 Å². The third kappa shape index (κ3) is 2.87. The number of aromatic nitrogens is 2. The van der Waals surface area contributed by atoms with Gasteiger partial charge in [-0.05, 0) is 19.8 Å². The highest BCUT2D eigenvalue weighted by Crippen LogP contribution is 2.12. The maximum absolute atomic E-state index is 5.62. The summed E-state index contributed by atoms with van der Waals surface area (Å²) in [5.74, 6) is 2.57. The molecule has 1 rings (SSSR count). The van der Waals surface area contributed by atoms with Crippen molar-refractivity contribution in [3.63, 3.8) is 0 Å². The van der Waals surface area contributed by atoms with Crippen LogP contribution in [0.5, 0.6) is 0 Å².